The molecule has 1 aliphatic heterocycles. The molecule has 0 aromatic rings. The van der Waals surface area contributed by atoms with Crippen LogP contribution in [-0.4, -0.2) is 35.2 Å². The molecule has 1 atom stereocenters. The van der Waals surface area contributed by atoms with E-state index in [2.05, 4.69) is 0 Å². The molecule has 50 valence electrons. The fourth-order valence-corrected chi connectivity index (χ4v) is 0.545. The van der Waals surface area contributed by atoms with E-state index in [4.69, 9.17) is 5.11 Å². The highest BCUT2D eigenvalue weighted by Gasteiger charge is 2.33. The van der Waals surface area contributed by atoms with Gasteiger partial charge in [-0.15, -0.1) is 0 Å². The summed E-state index contributed by atoms with van der Waals surface area (Å²) in [5.74, 6) is -0.664. The van der Waals surface area contributed by atoms with Crippen molar-refractivity contribution in [1.82, 2.24) is 10.2 Å². The highest BCUT2D eigenvalue weighted by Crippen LogP contribution is 1.99. The highest BCUT2D eigenvalue weighted by molar-refractivity contribution is 6.02. The van der Waals surface area contributed by atoms with E-state index in [1.54, 1.807) is 0 Å². The normalized spacial score (nSPS) is 26.9. The van der Waals surface area contributed by atoms with Crippen LogP contribution in [0.4, 0.5) is 4.79 Å². The molecule has 1 heterocycles. The van der Waals surface area contributed by atoms with E-state index in [-0.39, 0.29) is 0 Å². The van der Waals surface area contributed by atoms with E-state index >= 15 is 0 Å². The molecule has 1 rings (SSSR count). The summed E-state index contributed by atoms with van der Waals surface area (Å²) in [5.41, 5.74) is 0. The fourth-order valence-electron chi connectivity index (χ4n) is 0.545. The minimum Gasteiger partial charge on any atom is -0.365 e. The van der Waals surface area contributed by atoms with Crippen molar-refractivity contribution in [1.29, 1.82) is 0 Å². The van der Waals surface area contributed by atoms with Gasteiger partial charge in [-0.25, -0.2) is 4.79 Å². The van der Waals surface area contributed by atoms with Gasteiger partial charge in [0.1, 0.15) is 0 Å². The van der Waals surface area contributed by atoms with Crippen molar-refractivity contribution in [3.63, 3.8) is 0 Å². The number of nitrogens with zero attached hydrogens (tertiary/aromatic N) is 1. The van der Waals surface area contributed by atoms with E-state index in [0.717, 1.165) is 4.90 Å². The minimum absolute atomic E-state index is 0.562. The van der Waals surface area contributed by atoms with E-state index in [9.17, 15) is 9.59 Å². The largest absolute Gasteiger partial charge is 0.365 e. The summed E-state index contributed by atoms with van der Waals surface area (Å²) in [6, 6.07) is -0.562. The second kappa shape index (κ2) is 1.70. The quantitative estimate of drug-likeness (QED) is 0.391. The Morgan fingerprint density at radius 2 is 2.22 bits per heavy atom. The molecule has 0 saturated carbocycles. The van der Waals surface area contributed by atoms with Crippen LogP contribution in [0, 0.1) is 0 Å². The van der Waals surface area contributed by atoms with Crippen molar-refractivity contribution < 1.29 is 14.7 Å². The summed E-state index contributed by atoms with van der Waals surface area (Å²) < 4.78 is 0. The maximum absolute atomic E-state index is 10.4. The van der Waals surface area contributed by atoms with Gasteiger partial charge in [0.25, 0.3) is 5.91 Å². The lowest BCUT2D eigenvalue weighted by Gasteiger charge is -2.07. The molecule has 0 bridgehead atoms. The van der Waals surface area contributed by atoms with Gasteiger partial charge in [0.15, 0.2) is 0 Å². The first-order chi connectivity index (χ1) is 4.13. The van der Waals surface area contributed by atoms with Gasteiger partial charge in [-0.3, -0.25) is 15.0 Å². The summed E-state index contributed by atoms with van der Waals surface area (Å²) in [7, 11) is 1.34. The monoisotopic (exact) mass is 130 g/mol. The lowest BCUT2D eigenvalue weighted by molar-refractivity contribution is -0.129. The Balaban J connectivity index is 2.77. The zero-order valence-corrected chi connectivity index (χ0v) is 4.79. The van der Waals surface area contributed by atoms with Gasteiger partial charge in [-0.1, -0.05) is 0 Å². The Labute approximate surface area is 51.3 Å². The molecule has 2 N–H and O–H groups in total. The van der Waals surface area contributed by atoms with Crippen LogP contribution in [0.3, 0.4) is 0 Å². The van der Waals surface area contributed by atoms with Crippen molar-refractivity contribution in [2.45, 2.75) is 6.23 Å². The fraction of sp³-hybridized carbons (Fsp3) is 0.500. The summed E-state index contributed by atoms with van der Waals surface area (Å²) in [5, 5.41) is 10.6. The topological polar surface area (TPSA) is 69.6 Å². The van der Waals surface area contributed by atoms with E-state index < -0.39 is 18.2 Å². The minimum atomic E-state index is -1.31. The van der Waals surface area contributed by atoms with Crippen LogP contribution in [0.25, 0.3) is 0 Å². The SMILES string of the molecule is CN1C(=O)NC(=O)[C@@H]1O. The first-order valence-electron chi connectivity index (χ1n) is 2.38. The molecule has 1 saturated heterocycles. The number of amides is 3. The number of imide groups is 1. The Bertz CT molecular complexity index is 149. The summed E-state index contributed by atoms with van der Waals surface area (Å²) in [6.45, 7) is 0. The molecule has 0 radical (unpaired) electrons. The van der Waals surface area contributed by atoms with Gasteiger partial charge in [0.2, 0.25) is 6.23 Å². The number of hydrogen-bond donors (Lipinski definition) is 2. The lowest BCUT2D eigenvalue weighted by atomic mass is 10.5. The van der Waals surface area contributed by atoms with E-state index in [1.165, 1.54) is 7.05 Å². The van der Waals surface area contributed by atoms with Crippen molar-refractivity contribution >= 4 is 11.9 Å². The number of urea groups is 1. The number of hydrogen-bond acceptors (Lipinski definition) is 3. The van der Waals surface area contributed by atoms with Crippen molar-refractivity contribution in [3.8, 4) is 0 Å². The molecule has 0 spiro atoms. The predicted molar refractivity (Wildman–Crippen MR) is 27.3 cm³/mol. The zero-order chi connectivity index (χ0) is 7.02. The third kappa shape index (κ3) is 0.746. The molecule has 9 heavy (non-hydrogen) atoms. The van der Waals surface area contributed by atoms with Gasteiger partial charge in [-0.05, 0) is 0 Å². The van der Waals surface area contributed by atoms with Gasteiger partial charge in [0.05, 0.1) is 0 Å². The van der Waals surface area contributed by atoms with Crippen LogP contribution < -0.4 is 5.32 Å². The molecular weight excluding hydrogens is 124 g/mol. The number of rotatable bonds is 0. The number of likely N-dealkylation sites (N-methyl/N-ethyl adjacent to an activating group) is 1. The molecule has 0 unspecified atom stereocenters. The smallest absolute Gasteiger partial charge is 0.326 e. The first-order valence-corrected chi connectivity index (χ1v) is 2.38. The van der Waals surface area contributed by atoms with Crippen LogP contribution >= 0.6 is 0 Å². The molecule has 5 heteroatoms. The van der Waals surface area contributed by atoms with Gasteiger partial charge >= 0.3 is 6.03 Å². The van der Waals surface area contributed by atoms with E-state index in [1.807, 2.05) is 5.32 Å². The summed E-state index contributed by atoms with van der Waals surface area (Å²) >= 11 is 0. The van der Waals surface area contributed by atoms with Crippen LogP contribution in [0.15, 0.2) is 0 Å². The molecule has 5 nitrogen and oxygen atoms in total. The Hall–Kier alpha value is -1.10. The lowest BCUT2D eigenvalue weighted by Crippen LogP contribution is -2.30. The van der Waals surface area contributed by atoms with Crippen LogP contribution in [0.2, 0.25) is 0 Å². The maximum atomic E-state index is 10.4. The Morgan fingerprint density at radius 1 is 1.67 bits per heavy atom. The van der Waals surface area contributed by atoms with Gasteiger partial charge in [-0.2, -0.15) is 0 Å². The predicted octanol–water partition coefficient (Wildman–Crippen LogP) is -1.51. The molecule has 1 aliphatic rings. The molecule has 3 amide bonds. The molecule has 0 aromatic carbocycles. The number of nitrogens with one attached hydrogen (secondary N) is 1. The van der Waals surface area contributed by atoms with Crippen LogP contribution in [0.1, 0.15) is 0 Å². The second-order valence-corrected chi connectivity index (χ2v) is 1.78. The van der Waals surface area contributed by atoms with E-state index in [0.29, 0.717) is 0 Å². The zero-order valence-electron chi connectivity index (χ0n) is 4.79. The van der Waals surface area contributed by atoms with Gasteiger partial charge in [0, 0.05) is 7.05 Å². The molecule has 0 aromatic heterocycles. The van der Waals surface area contributed by atoms with Crippen molar-refractivity contribution in [3.05, 3.63) is 0 Å². The number of aliphatic hydroxyl groups excluding tert-OH is 1. The standard InChI is InChI=1S/C4H6N2O3/c1-6-3(8)2(7)5-4(6)9/h3,8H,1H3,(H,5,7,9)/t3-/m0/s1. The third-order valence-electron chi connectivity index (χ3n) is 1.15. The second-order valence-electron chi connectivity index (χ2n) is 1.78. The first kappa shape index (κ1) is 6.03. The highest BCUT2D eigenvalue weighted by atomic mass is 16.3. The Kier molecular flexibility index (Phi) is 1.14. The van der Waals surface area contributed by atoms with Crippen molar-refractivity contribution in [2.24, 2.45) is 0 Å². The number of aliphatic hydroxyl groups is 1. The van der Waals surface area contributed by atoms with Crippen LogP contribution in [-0.2, 0) is 4.79 Å². The number of carbonyl (C=O) groups is 2. The average molecular weight is 130 g/mol. The third-order valence-corrected chi connectivity index (χ3v) is 1.15. The average Bonchev–Trinajstić information content (AvgIpc) is 1.98. The molecule has 1 fully saturated rings. The number of carbonyl (C=O) groups excluding carboxylic acids is 2. The van der Waals surface area contributed by atoms with Crippen LogP contribution in [0.5, 0.6) is 0 Å². The molecular formula is C4H6N2O3. The summed E-state index contributed by atoms with van der Waals surface area (Å²) in [4.78, 5) is 21.7. The maximum Gasteiger partial charge on any atom is 0.326 e. The Morgan fingerprint density at radius 3 is 2.33 bits per heavy atom. The summed E-state index contributed by atoms with van der Waals surface area (Å²) in [6.07, 6.45) is -1.31. The molecule has 0 aliphatic carbocycles. The van der Waals surface area contributed by atoms with Crippen molar-refractivity contribution in [2.75, 3.05) is 7.05 Å². The van der Waals surface area contributed by atoms with Gasteiger partial charge < -0.3 is 5.11 Å².